The van der Waals surface area contributed by atoms with Gasteiger partial charge in [0.15, 0.2) is 0 Å². The second-order valence-electron chi connectivity index (χ2n) is 2.56. The van der Waals surface area contributed by atoms with Gasteiger partial charge in [0, 0.05) is 0 Å². The molecule has 0 saturated heterocycles. The van der Waals surface area contributed by atoms with Gasteiger partial charge in [0.25, 0.3) is 6.57 Å². The Morgan fingerprint density at radius 3 is 2.15 bits per heavy atom. The first-order chi connectivity index (χ1) is 6.07. The molecule has 0 unspecified atom stereocenters. The first kappa shape index (κ1) is 10.6. The van der Waals surface area contributed by atoms with Gasteiger partial charge in [-0.05, 0) is 32.6 Å². The van der Waals surface area contributed by atoms with Crippen LogP contribution in [0.15, 0.2) is 10.2 Å². The van der Waals surface area contributed by atoms with Gasteiger partial charge in [-0.2, -0.15) is 10.2 Å². The topological polar surface area (TPSA) is 58.0 Å². The molecule has 0 bridgehead atoms. The van der Waals surface area contributed by atoms with E-state index in [1.54, 1.807) is 0 Å². The van der Waals surface area contributed by atoms with Crippen LogP contribution >= 0.6 is 6.57 Å². The molecule has 0 saturated carbocycles. The van der Waals surface area contributed by atoms with Crippen LogP contribution in [0.4, 0.5) is 0 Å². The normalized spacial score (nSPS) is 20.5. The number of nitrogens with one attached hydrogen (secondary N) is 2. The van der Waals surface area contributed by atoms with Crippen LogP contribution in [0.1, 0.15) is 20.8 Å². The van der Waals surface area contributed by atoms with Gasteiger partial charge < -0.3 is 4.52 Å². The molecular weight excluding hydrogens is 207 g/mol. The van der Waals surface area contributed by atoms with Crippen molar-refractivity contribution < 1.29 is 4.52 Å². The van der Waals surface area contributed by atoms with Crippen LogP contribution in [-0.4, -0.2) is 18.0 Å². The van der Waals surface area contributed by atoms with Gasteiger partial charge in [0.1, 0.15) is 0 Å². The Balaban J connectivity index is 2.82. The average molecular weight is 220 g/mol. The van der Waals surface area contributed by atoms with Crippen molar-refractivity contribution in [3.8, 4) is 0 Å². The third-order valence-corrected chi connectivity index (χ3v) is 3.69. The van der Waals surface area contributed by atoms with Crippen LogP contribution in [0.5, 0.6) is 0 Å². The highest BCUT2D eigenvalue weighted by molar-refractivity contribution is 8.10. The van der Waals surface area contributed by atoms with E-state index in [9.17, 15) is 0 Å². The molecule has 13 heavy (non-hydrogen) atoms. The Morgan fingerprint density at radius 2 is 1.77 bits per heavy atom. The van der Waals surface area contributed by atoms with E-state index in [2.05, 4.69) is 20.6 Å². The molecule has 0 spiro atoms. The molecular formula is C6H13N4OPS. The number of hydrogen-bond acceptors (Lipinski definition) is 4. The van der Waals surface area contributed by atoms with E-state index in [0.29, 0.717) is 6.61 Å². The molecule has 0 radical (unpaired) electrons. The van der Waals surface area contributed by atoms with Gasteiger partial charge in [0.2, 0.25) is 0 Å². The second kappa shape index (κ2) is 4.17. The molecule has 74 valence electrons. The third-order valence-electron chi connectivity index (χ3n) is 1.53. The summed E-state index contributed by atoms with van der Waals surface area (Å²) in [7, 11) is 0. The van der Waals surface area contributed by atoms with Crippen LogP contribution in [0, 0.1) is 0 Å². The lowest BCUT2D eigenvalue weighted by molar-refractivity contribution is 0.364. The van der Waals surface area contributed by atoms with Gasteiger partial charge >= 0.3 is 0 Å². The summed E-state index contributed by atoms with van der Waals surface area (Å²) in [6.45, 7) is 3.88. The van der Waals surface area contributed by atoms with E-state index in [1.165, 1.54) is 0 Å². The zero-order valence-electron chi connectivity index (χ0n) is 7.87. The van der Waals surface area contributed by atoms with E-state index in [0.717, 1.165) is 11.4 Å². The Hall–Kier alpha value is -0.450. The lowest BCUT2D eigenvalue weighted by Crippen LogP contribution is -2.15. The fourth-order valence-electron chi connectivity index (χ4n) is 0.705. The molecule has 0 aromatic heterocycles. The summed E-state index contributed by atoms with van der Waals surface area (Å²) in [5, 5.41) is 13.8. The number of hydrazone groups is 2. The minimum Gasteiger partial charge on any atom is -0.317 e. The summed E-state index contributed by atoms with van der Waals surface area (Å²) in [6, 6.07) is 0. The van der Waals surface area contributed by atoms with Crippen molar-refractivity contribution >= 4 is 29.8 Å². The summed E-state index contributed by atoms with van der Waals surface area (Å²) in [4.78, 5) is 0. The zero-order chi connectivity index (χ0) is 9.90. The second-order valence-corrected chi connectivity index (χ2v) is 5.87. The lowest BCUT2D eigenvalue weighted by Gasteiger charge is -2.17. The quantitative estimate of drug-likeness (QED) is 0.686. The molecule has 0 fully saturated rings. The SMILES string of the molecule is CCOP1(=S)NN=C(C)C(C)=NN1. The highest BCUT2D eigenvalue weighted by Crippen LogP contribution is 2.38. The summed E-state index contributed by atoms with van der Waals surface area (Å²) >= 11 is 5.20. The summed E-state index contributed by atoms with van der Waals surface area (Å²) in [6.07, 6.45) is 0. The molecule has 0 amide bonds. The van der Waals surface area contributed by atoms with Crippen molar-refractivity contribution in [1.82, 2.24) is 10.4 Å². The lowest BCUT2D eigenvalue weighted by atomic mass is 10.3. The first-order valence-corrected chi connectivity index (χ1v) is 6.67. The monoisotopic (exact) mass is 220 g/mol. The molecule has 5 nitrogen and oxygen atoms in total. The zero-order valence-corrected chi connectivity index (χ0v) is 9.58. The van der Waals surface area contributed by atoms with Gasteiger partial charge in [-0.15, -0.1) is 0 Å². The molecule has 1 rings (SSSR count). The van der Waals surface area contributed by atoms with Crippen LogP contribution in [0.3, 0.4) is 0 Å². The maximum absolute atomic E-state index is 5.34. The van der Waals surface area contributed by atoms with E-state index < -0.39 is 6.57 Å². The van der Waals surface area contributed by atoms with E-state index in [4.69, 9.17) is 16.3 Å². The maximum atomic E-state index is 5.34. The van der Waals surface area contributed by atoms with Gasteiger partial charge in [-0.25, -0.2) is 10.4 Å². The number of rotatable bonds is 2. The standard InChI is InChI=1S/C6H13N4OPS/c1-4-11-12(13)9-7-5(2)6(3)8-10-12/h4H2,1-3H3,(H2,9,10,13). The highest BCUT2D eigenvalue weighted by atomic mass is 32.4. The predicted molar refractivity (Wildman–Crippen MR) is 58.4 cm³/mol. The Morgan fingerprint density at radius 1 is 1.31 bits per heavy atom. The van der Waals surface area contributed by atoms with Gasteiger partial charge in [-0.1, -0.05) is 0 Å². The number of nitrogens with zero attached hydrogens (tertiary/aromatic N) is 2. The van der Waals surface area contributed by atoms with Crippen LogP contribution < -0.4 is 10.4 Å². The predicted octanol–water partition coefficient (Wildman–Crippen LogP) is 1.19. The fourth-order valence-corrected chi connectivity index (χ4v) is 2.35. The molecule has 2 N–H and O–H groups in total. The smallest absolute Gasteiger partial charge is 0.280 e. The Labute approximate surface area is 82.8 Å². The van der Waals surface area contributed by atoms with Crippen molar-refractivity contribution in [2.75, 3.05) is 6.61 Å². The fraction of sp³-hybridized carbons (Fsp3) is 0.667. The summed E-state index contributed by atoms with van der Waals surface area (Å²) < 4.78 is 5.34. The van der Waals surface area contributed by atoms with E-state index >= 15 is 0 Å². The minimum atomic E-state index is -2.27. The van der Waals surface area contributed by atoms with Crippen molar-refractivity contribution in [2.24, 2.45) is 10.2 Å². The molecule has 1 aliphatic heterocycles. The molecule has 0 aliphatic carbocycles. The molecule has 1 heterocycles. The van der Waals surface area contributed by atoms with Crippen molar-refractivity contribution in [2.45, 2.75) is 20.8 Å². The average Bonchev–Trinajstić information content (AvgIpc) is 2.21. The van der Waals surface area contributed by atoms with Crippen LogP contribution in [-0.2, 0) is 16.3 Å². The molecule has 0 aromatic carbocycles. The summed E-state index contributed by atoms with van der Waals surface area (Å²) in [5.74, 6) is 0. The first-order valence-electron chi connectivity index (χ1n) is 3.95. The highest BCUT2D eigenvalue weighted by Gasteiger charge is 2.18. The Kier molecular flexibility index (Phi) is 3.41. The third kappa shape index (κ3) is 2.76. The minimum absolute atomic E-state index is 0.542. The molecule has 7 heteroatoms. The van der Waals surface area contributed by atoms with Crippen LogP contribution in [0.2, 0.25) is 0 Å². The molecule has 0 atom stereocenters. The maximum Gasteiger partial charge on any atom is 0.280 e. The van der Waals surface area contributed by atoms with Crippen molar-refractivity contribution in [1.29, 1.82) is 0 Å². The Bertz CT molecular complexity index is 277. The van der Waals surface area contributed by atoms with Crippen molar-refractivity contribution in [3.63, 3.8) is 0 Å². The molecule has 1 aliphatic rings. The van der Waals surface area contributed by atoms with E-state index in [1.807, 2.05) is 20.8 Å². The van der Waals surface area contributed by atoms with Crippen LogP contribution in [0.25, 0.3) is 0 Å². The number of hydrogen-bond donors (Lipinski definition) is 2. The molecule has 0 aromatic rings. The van der Waals surface area contributed by atoms with Gasteiger partial charge in [-0.3, -0.25) is 0 Å². The van der Waals surface area contributed by atoms with E-state index in [-0.39, 0.29) is 0 Å². The van der Waals surface area contributed by atoms with Crippen molar-refractivity contribution in [3.05, 3.63) is 0 Å². The largest absolute Gasteiger partial charge is 0.317 e. The van der Waals surface area contributed by atoms with Gasteiger partial charge in [0.05, 0.1) is 18.0 Å². The summed E-state index contributed by atoms with van der Waals surface area (Å²) in [5.41, 5.74) is 1.64.